The first-order valence-corrected chi connectivity index (χ1v) is 8.74. The Morgan fingerprint density at radius 3 is 2.07 bits per heavy atom. The van der Waals surface area contributed by atoms with E-state index in [9.17, 15) is 15.0 Å². The van der Waals surface area contributed by atoms with Crippen LogP contribution >= 0.6 is 0 Å². The van der Waals surface area contributed by atoms with Crippen LogP contribution in [0.25, 0.3) is 0 Å². The lowest BCUT2D eigenvalue weighted by molar-refractivity contribution is 0.0224. The molecule has 2 heterocycles. The van der Waals surface area contributed by atoms with Gasteiger partial charge in [-0.3, -0.25) is 0 Å². The summed E-state index contributed by atoms with van der Waals surface area (Å²) in [5, 5.41) is 19.8. The van der Waals surface area contributed by atoms with Crippen molar-refractivity contribution < 1.29 is 24.5 Å². The lowest BCUT2D eigenvalue weighted by atomic mass is 9.77. The first kappa shape index (κ1) is 15.8. The van der Waals surface area contributed by atoms with Crippen LogP contribution in [0.3, 0.4) is 0 Å². The molecule has 0 saturated heterocycles. The van der Waals surface area contributed by atoms with Crippen LogP contribution in [-0.2, 0) is 16.8 Å². The van der Waals surface area contributed by atoms with E-state index < -0.39 is 11.6 Å². The fourth-order valence-corrected chi connectivity index (χ4v) is 3.97. The Morgan fingerprint density at radius 2 is 1.48 bits per heavy atom. The quantitative estimate of drug-likeness (QED) is 0.635. The van der Waals surface area contributed by atoms with Gasteiger partial charge >= 0.3 is 5.97 Å². The summed E-state index contributed by atoms with van der Waals surface area (Å²) >= 11 is 0. The molecule has 0 radical (unpaired) electrons. The second kappa shape index (κ2) is 5.27. The Labute approximate surface area is 155 Å². The molecule has 0 saturated carbocycles. The minimum absolute atomic E-state index is 0.0411. The van der Waals surface area contributed by atoms with Gasteiger partial charge in [-0.05, 0) is 42.3 Å². The molecule has 0 unspecified atom stereocenters. The standard InChI is InChI=1S/C22H16O5/c1-2-12-3-6-15-18(9-12)22(27-21(15)25)16-7-4-13(23)10-19(16)26-20-11-14(24)5-8-17(20)22/h3-11,23-24H,2H2,1H3. The van der Waals surface area contributed by atoms with E-state index in [0.29, 0.717) is 28.2 Å². The highest BCUT2D eigenvalue weighted by Gasteiger charge is 2.53. The molecule has 0 aromatic heterocycles. The third kappa shape index (κ3) is 2.02. The van der Waals surface area contributed by atoms with Gasteiger partial charge in [0.25, 0.3) is 0 Å². The summed E-state index contributed by atoms with van der Waals surface area (Å²) in [5.74, 6) is 0.442. The zero-order valence-corrected chi connectivity index (χ0v) is 14.5. The van der Waals surface area contributed by atoms with Crippen molar-refractivity contribution in [3.05, 3.63) is 82.4 Å². The largest absolute Gasteiger partial charge is 0.508 e. The van der Waals surface area contributed by atoms with E-state index >= 15 is 0 Å². The van der Waals surface area contributed by atoms with Gasteiger partial charge in [0.15, 0.2) is 5.60 Å². The van der Waals surface area contributed by atoms with E-state index in [4.69, 9.17) is 9.47 Å². The summed E-state index contributed by atoms with van der Waals surface area (Å²) < 4.78 is 11.9. The van der Waals surface area contributed by atoms with Gasteiger partial charge in [0, 0.05) is 28.8 Å². The molecule has 0 fully saturated rings. The fourth-order valence-electron chi connectivity index (χ4n) is 3.97. The number of hydrogen-bond donors (Lipinski definition) is 2. The smallest absolute Gasteiger partial charge is 0.340 e. The molecule has 0 aliphatic carbocycles. The average Bonchev–Trinajstić information content (AvgIpc) is 2.94. The predicted molar refractivity (Wildman–Crippen MR) is 97.4 cm³/mol. The van der Waals surface area contributed by atoms with Gasteiger partial charge < -0.3 is 19.7 Å². The van der Waals surface area contributed by atoms with Crippen molar-refractivity contribution in [3.63, 3.8) is 0 Å². The summed E-state index contributed by atoms with van der Waals surface area (Å²) in [4.78, 5) is 12.7. The van der Waals surface area contributed by atoms with Gasteiger partial charge in [-0.2, -0.15) is 0 Å². The highest BCUT2D eigenvalue weighted by molar-refractivity contribution is 5.97. The van der Waals surface area contributed by atoms with Crippen molar-refractivity contribution >= 4 is 5.97 Å². The van der Waals surface area contributed by atoms with Crippen molar-refractivity contribution in [1.29, 1.82) is 0 Å². The van der Waals surface area contributed by atoms with Crippen LogP contribution in [0.4, 0.5) is 0 Å². The number of phenols is 2. The van der Waals surface area contributed by atoms with Crippen LogP contribution in [0.2, 0.25) is 0 Å². The zero-order valence-electron chi connectivity index (χ0n) is 14.5. The topological polar surface area (TPSA) is 76.0 Å². The second-order valence-electron chi connectivity index (χ2n) is 6.77. The van der Waals surface area contributed by atoms with Crippen LogP contribution in [0.5, 0.6) is 23.0 Å². The number of aryl methyl sites for hydroxylation is 1. The third-order valence-corrected chi connectivity index (χ3v) is 5.25. The number of aromatic hydroxyl groups is 2. The summed E-state index contributed by atoms with van der Waals surface area (Å²) in [7, 11) is 0. The molecule has 2 N–H and O–H groups in total. The number of ether oxygens (including phenoxy) is 2. The molecule has 5 heteroatoms. The first-order valence-electron chi connectivity index (χ1n) is 8.74. The van der Waals surface area contributed by atoms with Gasteiger partial charge in [-0.15, -0.1) is 0 Å². The number of benzene rings is 3. The molecular weight excluding hydrogens is 344 g/mol. The Kier molecular flexibility index (Phi) is 3.07. The molecule has 5 rings (SSSR count). The van der Waals surface area contributed by atoms with Crippen molar-refractivity contribution in [2.45, 2.75) is 18.9 Å². The van der Waals surface area contributed by atoms with Crippen LogP contribution in [0.1, 0.15) is 39.5 Å². The van der Waals surface area contributed by atoms with E-state index in [0.717, 1.165) is 17.5 Å². The highest BCUT2D eigenvalue weighted by atomic mass is 16.6. The van der Waals surface area contributed by atoms with Crippen LogP contribution in [-0.4, -0.2) is 16.2 Å². The number of esters is 1. The predicted octanol–water partition coefficient (Wildman–Crippen LogP) is 4.23. The molecule has 2 aliphatic heterocycles. The molecular formula is C22H16O5. The summed E-state index contributed by atoms with van der Waals surface area (Å²) in [5.41, 5.74) is 2.43. The van der Waals surface area contributed by atoms with Gasteiger partial charge in [0.05, 0.1) is 5.56 Å². The third-order valence-electron chi connectivity index (χ3n) is 5.25. The van der Waals surface area contributed by atoms with Gasteiger partial charge in [-0.1, -0.05) is 19.1 Å². The van der Waals surface area contributed by atoms with Crippen molar-refractivity contribution in [3.8, 4) is 23.0 Å². The van der Waals surface area contributed by atoms with E-state index in [-0.39, 0.29) is 11.5 Å². The number of phenolic OH excluding ortho intramolecular Hbond substituents is 2. The van der Waals surface area contributed by atoms with Crippen molar-refractivity contribution in [2.75, 3.05) is 0 Å². The first-order chi connectivity index (χ1) is 13.0. The Balaban J connectivity index is 1.90. The summed E-state index contributed by atoms with van der Waals surface area (Å²) in [6.07, 6.45) is 0.818. The molecule has 134 valence electrons. The molecule has 0 amide bonds. The number of carbonyl (C=O) groups is 1. The highest BCUT2D eigenvalue weighted by Crippen LogP contribution is 2.57. The fraction of sp³-hybridized carbons (Fsp3) is 0.136. The SMILES string of the molecule is CCc1ccc2c(c1)C1(OC2=O)c2ccc(O)cc2Oc2cc(O)ccc21. The molecule has 3 aromatic rings. The molecule has 2 aliphatic rings. The van der Waals surface area contributed by atoms with Gasteiger partial charge in [-0.25, -0.2) is 4.79 Å². The minimum atomic E-state index is -1.18. The Bertz CT molecular complexity index is 1060. The van der Waals surface area contributed by atoms with E-state index in [1.54, 1.807) is 30.3 Å². The Morgan fingerprint density at radius 1 is 0.852 bits per heavy atom. The second-order valence-corrected chi connectivity index (χ2v) is 6.77. The molecule has 5 nitrogen and oxygen atoms in total. The normalized spacial score (nSPS) is 15.5. The molecule has 0 bridgehead atoms. The molecule has 1 spiro atoms. The lowest BCUT2D eigenvalue weighted by Crippen LogP contribution is -2.33. The number of carbonyl (C=O) groups excluding carboxylic acids is 1. The van der Waals surface area contributed by atoms with Crippen LogP contribution < -0.4 is 4.74 Å². The molecule has 3 aromatic carbocycles. The minimum Gasteiger partial charge on any atom is -0.508 e. The van der Waals surface area contributed by atoms with Crippen molar-refractivity contribution in [2.24, 2.45) is 0 Å². The average molecular weight is 360 g/mol. The lowest BCUT2D eigenvalue weighted by Gasteiger charge is -2.36. The van der Waals surface area contributed by atoms with Crippen molar-refractivity contribution in [1.82, 2.24) is 0 Å². The molecule has 0 atom stereocenters. The van der Waals surface area contributed by atoms with Gasteiger partial charge in [0.1, 0.15) is 23.0 Å². The maximum Gasteiger partial charge on any atom is 0.340 e. The zero-order chi connectivity index (χ0) is 18.8. The van der Waals surface area contributed by atoms with E-state index in [1.165, 1.54) is 12.1 Å². The molecule has 27 heavy (non-hydrogen) atoms. The van der Waals surface area contributed by atoms with E-state index in [1.807, 2.05) is 19.1 Å². The maximum atomic E-state index is 12.7. The summed E-state index contributed by atoms with van der Waals surface area (Å²) in [6, 6.07) is 15.2. The van der Waals surface area contributed by atoms with E-state index in [2.05, 4.69) is 0 Å². The number of fused-ring (bicyclic) bond motifs is 6. The van der Waals surface area contributed by atoms with Gasteiger partial charge in [0.2, 0.25) is 0 Å². The maximum absolute atomic E-state index is 12.7. The number of rotatable bonds is 1. The Hall–Kier alpha value is -3.47. The number of hydrogen-bond acceptors (Lipinski definition) is 5. The summed E-state index contributed by atoms with van der Waals surface area (Å²) in [6.45, 7) is 2.05. The monoisotopic (exact) mass is 360 g/mol. The van der Waals surface area contributed by atoms with Crippen LogP contribution in [0.15, 0.2) is 54.6 Å². The van der Waals surface area contributed by atoms with Crippen LogP contribution in [0, 0.1) is 0 Å².